The predicted octanol–water partition coefficient (Wildman–Crippen LogP) is 3.13. The summed E-state index contributed by atoms with van der Waals surface area (Å²) < 4.78 is 0. The fourth-order valence-electron chi connectivity index (χ4n) is 2.57. The summed E-state index contributed by atoms with van der Waals surface area (Å²) in [6.45, 7) is 4.56. The minimum atomic E-state index is 0.301. The molecule has 1 saturated carbocycles. The van der Waals surface area contributed by atoms with Crippen LogP contribution in [0.2, 0.25) is 0 Å². The second-order valence-corrected chi connectivity index (χ2v) is 5.46. The molecule has 0 saturated heterocycles. The molecule has 17 heavy (non-hydrogen) atoms. The third kappa shape index (κ3) is 2.21. The molecule has 3 N–H and O–H groups in total. The Hall–Kier alpha value is -1.69. The third-order valence-electron chi connectivity index (χ3n) is 3.81. The fraction of sp³-hybridized carbons (Fsp3) is 0.500. The molecule has 0 spiro atoms. The standard InChI is InChI=1S/C14H19N3/c1-14(2)8-4-7-12(14)17-11-6-3-5-10(9-15)13(11)16/h3,5-6,12,17H,4,7-8,16H2,1-2H3. The quantitative estimate of drug-likeness (QED) is 0.766. The summed E-state index contributed by atoms with van der Waals surface area (Å²) in [5.41, 5.74) is 8.28. The lowest BCUT2D eigenvalue weighted by Crippen LogP contribution is -2.31. The summed E-state index contributed by atoms with van der Waals surface area (Å²) >= 11 is 0. The van der Waals surface area contributed by atoms with Crippen LogP contribution in [-0.2, 0) is 0 Å². The van der Waals surface area contributed by atoms with Gasteiger partial charge in [0, 0.05) is 6.04 Å². The number of hydrogen-bond donors (Lipinski definition) is 2. The second-order valence-electron chi connectivity index (χ2n) is 5.46. The van der Waals surface area contributed by atoms with Crippen molar-refractivity contribution in [3.8, 4) is 6.07 Å². The molecular formula is C14H19N3. The molecule has 1 fully saturated rings. The van der Waals surface area contributed by atoms with Gasteiger partial charge >= 0.3 is 0 Å². The average molecular weight is 229 g/mol. The van der Waals surface area contributed by atoms with E-state index < -0.39 is 0 Å². The van der Waals surface area contributed by atoms with Crippen LogP contribution in [0.4, 0.5) is 11.4 Å². The van der Waals surface area contributed by atoms with Gasteiger partial charge in [-0.3, -0.25) is 0 Å². The lowest BCUT2D eigenvalue weighted by molar-refractivity contribution is 0.350. The Balaban J connectivity index is 2.23. The van der Waals surface area contributed by atoms with Crippen molar-refractivity contribution < 1.29 is 0 Å². The molecule has 0 heterocycles. The van der Waals surface area contributed by atoms with E-state index in [1.165, 1.54) is 19.3 Å². The maximum absolute atomic E-state index is 8.95. The van der Waals surface area contributed by atoms with E-state index in [4.69, 9.17) is 11.0 Å². The van der Waals surface area contributed by atoms with E-state index in [1.54, 1.807) is 6.07 Å². The van der Waals surface area contributed by atoms with Crippen molar-refractivity contribution in [1.82, 2.24) is 0 Å². The minimum Gasteiger partial charge on any atom is -0.396 e. The number of para-hydroxylation sites is 1. The number of rotatable bonds is 2. The van der Waals surface area contributed by atoms with Crippen LogP contribution in [0, 0.1) is 16.7 Å². The number of benzene rings is 1. The Kier molecular flexibility index (Phi) is 2.97. The summed E-state index contributed by atoms with van der Waals surface area (Å²) in [7, 11) is 0. The number of nitrogens with zero attached hydrogens (tertiary/aromatic N) is 1. The summed E-state index contributed by atoms with van der Waals surface area (Å²) in [4.78, 5) is 0. The molecule has 3 heteroatoms. The number of nitrogens with two attached hydrogens (primary N) is 1. The van der Waals surface area contributed by atoms with Gasteiger partial charge in [-0.15, -0.1) is 0 Å². The summed E-state index contributed by atoms with van der Waals surface area (Å²) in [6, 6.07) is 8.13. The van der Waals surface area contributed by atoms with E-state index in [1.807, 2.05) is 12.1 Å². The first kappa shape index (κ1) is 11.8. The minimum absolute atomic E-state index is 0.301. The van der Waals surface area contributed by atoms with Gasteiger partial charge in [-0.1, -0.05) is 26.3 Å². The normalized spacial score (nSPS) is 22.1. The second kappa shape index (κ2) is 4.29. The lowest BCUT2D eigenvalue weighted by Gasteiger charge is -2.29. The Bertz CT molecular complexity index is 457. The van der Waals surface area contributed by atoms with Gasteiger partial charge in [0.25, 0.3) is 0 Å². The van der Waals surface area contributed by atoms with Crippen LogP contribution in [0.15, 0.2) is 18.2 Å². The van der Waals surface area contributed by atoms with Gasteiger partial charge < -0.3 is 11.1 Å². The molecule has 1 aliphatic carbocycles. The Morgan fingerprint density at radius 1 is 1.47 bits per heavy atom. The summed E-state index contributed by atoms with van der Waals surface area (Å²) in [5, 5.41) is 12.4. The van der Waals surface area contributed by atoms with Gasteiger partial charge in [-0.05, 0) is 30.4 Å². The van der Waals surface area contributed by atoms with E-state index in [0.29, 0.717) is 22.7 Å². The van der Waals surface area contributed by atoms with Crippen molar-refractivity contribution in [3.05, 3.63) is 23.8 Å². The van der Waals surface area contributed by atoms with Crippen LogP contribution >= 0.6 is 0 Å². The van der Waals surface area contributed by atoms with Crippen molar-refractivity contribution in [2.24, 2.45) is 5.41 Å². The van der Waals surface area contributed by atoms with Crippen LogP contribution in [0.5, 0.6) is 0 Å². The number of nitriles is 1. The van der Waals surface area contributed by atoms with Gasteiger partial charge in [0.2, 0.25) is 0 Å². The van der Waals surface area contributed by atoms with Crippen LogP contribution in [0.1, 0.15) is 38.7 Å². The fourth-order valence-corrected chi connectivity index (χ4v) is 2.57. The lowest BCUT2D eigenvalue weighted by atomic mass is 9.87. The van der Waals surface area contributed by atoms with Crippen molar-refractivity contribution in [1.29, 1.82) is 5.26 Å². The number of hydrogen-bond acceptors (Lipinski definition) is 3. The van der Waals surface area contributed by atoms with Crippen molar-refractivity contribution in [3.63, 3.8) is 0 Å². The molecule has 1 aliphatic rings. The molecule has 3 nitrogen and oxygen atoms in total. The smallest absolute Gasteiger partial charge is 0.101 e. The van der Waals surface area contributed by atoms with Gasteiger partial charge in [0.05, 0.1) is 16.9 Å². The molecule has 0 amide bonds. The zero-order valence-corrected chi connectivity index (χ0v) is 10.5. The molecule has 2 rings (SSSR count). The Labute approximate surface area is 103 Å². The Morgan fingerprint density at radius 2 is 2.24 bits per heavy atom. The number of anilines is 2. The van der Waals surface area contributed by atoms with Gasteiger partial charge in [0.1, 0.15) is 6.07 Å². The molecule has 1 aromatic carbocycles. The zero-order chi connectivity index (χ0) is 12.5. The van der Waals surface area contributed by atoms with Crippen molar-refractivity contribution in [2.75, 3.05) is 11.1 Å². The molecule has 0 radical (unpaired) electrons. The van der Waals surface area contributed by atoms with E-state index in [-0.39, 0.29) is 0 Å². The molecule has 1 atom stereocenters. The first-order valence-corrected chi connectivity index (χ1v) is 6.10. The molecule has 0 aliphatic heterocycles. The van der Waals surface area contributed by atoms with Gasteiger partial charge in [-0.25, -0.2) is 0 Å². The van der Waals surface area contributed by atoms with Crippen molar-refractivity contribution in [2.45, 2.75) is 39.2 Å². The van der Waals surface area contributed by atoms with Crippen LogP contribution in [0.25, 0.3) is 0 Å². The largest absolute Gasteiger partial charge is 0.396 e. The van der Waals surface area contributed by atoms with Crippen LogP contribution in [0.3, 0.4) is 0 Å². The highest BCUT2D eigenvalue weighted by atomic mass is 15.0. The Morgan fingerprint density at radius 3 is 2.82 bits per heavy atom. The van der Waals surface area contributed by atoms with Crippen molar-refractivity contribution >= 4 is 11.4 Å². The maximum atomic E-state index is 8.95. The highest BCUT2D eigenvalue weighted by Crippen LogP contribution is 2.39. The molecule has 0 bridgehead atoms. The number of nitrogen functional groups attached to an aromatic ring is 1. The highest BCUT2D eigenvalue weighted by molar-refractivity contribution is 5.73. The molecule has 1 aromatic rings. The number of nitrogens with one attached hydrogen (secondary N) is 1. The zero-order valence-electron chi connectivity index (χ0n) is 10.5. The third-order valence-corrected chi connectivity index (χ3v) is 3.81. The van der Waals surface area contributed by atoms with Gasteiger partial charge in [0.15, 0.2) is 0 Å². The highest BCUT2D eigenvalue weighted by Gasteiger charge is 2.34. The first-order chi connectivity index (χ1) is 8.04. The van der Waals surface area contributed by atoms with Crippen LogP contribution < -0.4 is 11.1 Å². The van der Waals surface area contributed by atoms with E-state index in [0.717, 1.165) is 5.69 Å². The van der Waals surface area contributed by atoms with E-state index in [2.05, 4.69) is 25.2 Å². The SMILES string of the molecule is CC1(C)CCCC1Nc1cccc(C#N)c1N. The summed E-state index contributed by atoms with van der Waals surface area (Å²) in [5.74, 6) is 0. The van der Waals surface area contributed by atoms with E-state index in [9.17, 15) is 0 Å². The maximum Gasteiger partial charge on any atom is 0.101 e. The molecule has 90 valence electrons. The monoisotopic (exact) mass is 229 g/mol. The average Bonchev–Trinajstić information content (AvgIpc) is 2.61. The van der Waals surface area contributed by atoms with Gasteiger partial charge in [-0.2, -0.15) is 5.26 Å². The van der Waals surface area contributed by atoms with Crippen LogP contribution in [-0.4, -0.2) is 6.04 Å². The molecule has 0 aromatic heterocycles. The topological polar surface area (TPSA) is 61.8 Å². The van der Waals surface area contributed by atoms with E-state index >= 15 is 0 Å². The molecule has 1 unspecified atom stereocenters. The first-order valence-electron chi connectivity index (χ1n) is 6.10. The molecular weight excluding hydrogens is 210 g/mol. The summed E-state index contributed by atoms with van der Waals surface area (Å²) in [6.07, 6.45) is 3.66. The predicted molar refractivity (Wildman–Crippen MR) is 70.6 cm³/mol.